The van der Waals surface area contributed by atoms with E-state index in [1.165, 1.54) is 38.8 Å². The van der Waals surface area contributed by atoms with Gasteiger partial charge in [0, 0.05) is 31.7 Å². The number of rotatable bonds is 6. The SMILES string of the molecule is CC(C)Cc1ccnc(-c2[c-]ccc3c2oc2ccc(-c4ccccc4)cc23)c1.Cc1cc(-c2[c-]cc(F)cc2)nc[c]1[Ge]([CH3])([CH3])[CH3].[Ir]. The molecule has 0 aliphatic rings. The summed E-state index contributed by atoms with van der Waals surface area (Å²) in [5, 5.41) is 2.22. The van der Waals surface area contributed by atoms with Gasteiger partial charge in [0.2, 0.25) is 0 Å². The maximum absolute atomic E-state index is 12.9. The van der Waals surface area contributed by atoms with Crippen molar-refractivity contribution in [3.05, 3.63) is 139 Å². The maximum atomic E-state index is 12.9. The summed E-state index contributed by atoms with van der Waals surface area (Å²) in [5.74, 6) is 7.40. The Bertz CT molecular complexity index is 2150. The van der Waals surface area contributed by atoms with Crippen molar-refractivity contribution in [1.29, 1.82) is 0 Å². The molecule has 4 aromatic carbocycles. The van der Waals surface area contributed by atoms with Crippen LogP contribution in [-0.4, -0.2) is 23.2 Å². The smallest absolute Gasteiger partial charge is 0 e. The Morgan fingerprint density at radius 2 is 1.60 bits per heavy atom. The predicted octanol–water partition coefficient (Wildman–Crippen LogP) is 10.9. The van der Waals surface area contributed by atoms with Gasteiger partial charge in [-0.2, -0.15) is 0 Å². The Morgan fingerprint density at radius 1 is 0.812 bits per heavy atom. The van der Waals surface area contributed by atoms with E-state index >= 15 is 0 Å². The van der Waals surface area contributed by atoms with Crippen LogP contribution in [0.2, 0.25) is 17.3 Å². The second kappa shape index (κ2) is 15.1. The van der Waals surface area contributed by atoms with Gasteiger partial charge in [-0.15, -0.1) is 18.2 Å². The van der Waals surface area contributed by atoms with Gasteiger partial charge in [0.1, 0.15) is 5.58 Å². The van der Waals surface area contributed by atoms with E-state index in [0.717, 1.165) is 50.9 Å². The maximum Gasteiger partial charge on any atom is 0 e. The fourth-order valence-electron chi connectivity index (χ4n) is 6.01. The molecule has 0 N–H and O–H groups in total. The van der Waals surface area contributed by atoms with E-state index in [1.807, 2.05) is 24.5 Å². The second-order valence-corrected chi connectivity index (χ2v) is 24.0. The van der Waals surface area contributed by atoms with Crippen LogP contribution in [0.25, 0.3) is 55.6 Å². The number of nitrogens with zero attached hydrogens (tertiary/aromatic N) is 2. The number of hydrogen-bond acceptors (Lipinski definition) is 3. The van der Waals surface area contributed by atoms with E-state index in [1.54, 1.807) is 6.07 Å². The number of pyridine rings is 2. The Labute approximate surface area is 299 Å². The summed E-state index contributed by atoms with van der Waals surface area (Å²) in [7, 11) is 0. The Balaban J connectivity index is 0.000000205. The number of furan rings is 1. The topological polar surface area (TPSA) is 38.9 Å². The molecule has 1 radical (unpaired) electrons. The van der Waals surface area contributed by atoms with Crippen LogP contribution in [0.3, 0.4) is 0 Å². The third-order valence-electron chi connectivity index (χ3n) is 8.23. The van der Waals surface area contributed by atoms with Crippen LogP contribution < -0.4 is 4.40 Å². The number of halogens is 1. The molecular formula is C42H39FGeIrN2O-2. The molecule has 7 aromatic rings. The van der Waals surface area contributed by atoms with Crippen molar-refractivity contribution in [2.45, 2.75) is 44.5 Å². The van der Waals surface area contributed by atoms with Gasteiger partial charge >= 0.3 is 110 Å². The summed E-state index contributed by atoms with van der Waals surface area (Å²) in [5.41, 5.74) is 10.2. The van der Waals surface area contributed by atoms with Gasteiger partial charge in [0.15, 0.2) is 0 Å². The van der Waals surface area contributed by atoms with Gasteiger partial charge in [-0.3, -0.25) is 0 Å². The molecule has 3 nitrogen and oxygen atoms in total. The fourth-order valence-corrected chi connectivity index (χ4v) is 9.59. The van der Waals surface area contributed by atoms with E-state index in [4.69, 9.17) is 4.42 Å². The summed E-state index contributed by atoms with van der Waals surface area (Å²) < 4.78 is 20.6. The van der Waals surface area contributed by atoms with E-state index < -0.39 is 13.3 Å². The third-order valence-corrected chi connectivity index (χ3v) is 12.7. The molecule has 6 heteroatoms. The molecule has 0 aliphatic carbocycles. The summed E-state index contributed by atoms with van der Waals surface area (Å²) in [6.07, 6.45) is 4.91. The molecule has 0 saturated heterocycles. The van der Waals surface area contributed by atoms with Crippen LogP contribution >= 0.6 is 0 Å². The molecule has 7 rings (SSSR count). The first-order valence-electron chi connectivity index (χ1n) is 16.1. The third kappa shape index (κ3) is 8.03. The molecule has 0 bridgehead atoms. The van der Waals surface area contributed by atoms with Crippen molar-refractivity contribution in [2.75, 3.05) is 0 Å². The minimum Gasteiger partial charge on any atom is 0 e. The van der Waals surface area contributed by atoms with E-state index in [9.17, 15) is 4.39 Å². The van der Waals surface area contributed by atoms with Crippen molar-refractivity contribution < 1.29 is 28.9 Å². The Morgan fingerprint density at radius 3 is 2.29 bits per heavy atom. The quantitative estimate of drug-likeness (QED) is 0.123. The van der Waals surface area contributed by atoms with E-state index in [-0.39, 0.29) is 25.9 Å². The molecule has 0 unspecified atom stereocenters. The number of fused-ring (bicyclic) bond motifs is 3. The molecule has 0 atom stereocenters. The summed E-state index contributed by atoms with van der Waals surface area (Å²) >= 11 is -1.84. The van der Waals surface area contributed by atoms with Crippen LogP contribution in [0.4, 0.5) is 4.39 Å². The minimum absolute atomic E-state index is 0. The van der Waals surface area contributed by atoms with Crippen molar-refractivity contribution in [3.8, 4) is 33.6 Å². The Kier molecular flexibility index (Phi) is 11.1. The van der Waals surface area contributed by atoms with Gasteiger partial charge in [-0.25, -0.2) is 0 Å². The monoisotopic (exact) mass is 873 g/mol. The van der Waals surface area contributed by atoms with Crippen molar-refractivity contribution in [3.63, 3.8) is 0 Å². The van der Waals surface area contributed by atoms with Gasteiger partial charge in [0.05, 0.1) is 5.58 Å². The van der Waals surface area contributed by atoms with Crippen LogP contribution in [0, 0.1) is 30.8 Å². The number of hydrogen-bond donors (Lipinski definition) is 0. The standard InChI is InChI=1S/C27H22NO.C15H17FGeN.Ir/c1-18(2)15-19-13-14-28-25(16-19)23-10-6-9-22-24-17-21(20-7-4-3-5-8-20)11-12-26(24)29-27(22)23;1-11-9-15(12-5-7-13(16)8-6-12)18-10-14(11)17(2,3)4;/h3-9,11-14,16-18H,15H2,1-2H3;5,7-10H,1-4H3;/q2*-1;. The average molecular weight is 872 g/mol. The average Bonchev–Trinajstić information content (AvgIpc) is 3.43. The van der Waals surface area contributed by atoms with Gasteiger partial charge in [-0.05, 0) is 47.4 Å². The zero-order valence-electron chi connectivity index (χ0n) is 28.2. The predicted molar refractivity (Wildman–Crippen MR) is 196 cm³/mol. The first-order valence-corrected chi connectivity index (χ1v) is 23.4. The molecular weight excluding hydrogens is 832 g/mol. The molecule has 0 amide bonds. The van der Waals surface area contributed by atoms with Crippen LogP contribution in [0.1, 0.15) is 25.0 Å². The molecule has 0 fully saturated rings. The number of benzene rings is 4. The molecule has 3 aromatic heterocycles. The second-order valence-electron chi connectivity index (χ2n) is 13.5. The van der Waals surface area contributed by atoms with Crippen LogP contribution in [-0.2, 0) is 26.5 Å². The van der Waals surface area contributed by atoms with E-state index in [2.05, 4.69) is 127 Å². The van der Waals surface area contributed by atoms with E-state index in [0.29, 0.717) is 5.92 Å². The summed E-state index contributed by atoms with van der Waals surface area (Å²) in [6.45, 7) is 6.59. The van der Waals surface area contributed by atoms with Crippen molar-refractivity contribution >= 4 is 39.6 Å². The molecule has 245 valence electrons. The molecule has 0 saturated carbocycles. The van der Waals surface area contributed by atoms with Crippen LogP contribution in [0.15, 0.2) is 114 Å². The molecule has 48 heavy (non-hydrogen) atoms. The summed E-state index contributed by atoms with van der Waals surface area (Å²) in [6, 6.07) is 38.0. The number of aryl methyl sites for hydroxylation is 1. The van der Waals surface area contributed by atoms with Gasteiger partial charge in [-0.1, -0.05) is 72.8 Å². The van der Waals surface area contributed by atoms with Crippen molar-refractivity contribution in [2.24, 2.45) is 5.92 Å². The number of aromatic nitrogens is 2. The normalized spacial score (nSPS) is 11.3. The molecule has 0 aliphatic heterocycles. The van der Waals surface area contributed by atoms with Crippen LogP contribution in [0.5, 0.6) is 0 Å². The fraction of sp³-hybridized carbons (Fsp3) is 0.190. The minimum atomic E-state index is -1.84. The first-order chi connectivity index (χ1) is 22.6. The zero-order chi connectivity index (χ0) is 33.1. The van der Waals surface area contributed by atoms with Gasteiger partial charge in [0.25, 0.3) is 0 Å². The molecule has 0 spiro atoms. The summed E-state index contributed by atoms with van der Waals surface area (Å²) in [4.78, 5) is 9.11. The molecule has 3 heterocycles. The van der Waals surface area contributed by atoms with Crippen molar-refractivity contribution in [1.82, 2.24) is 9.97 Å². The largest absolute Gasteiger partial charge is 0 e. The first kappa shape index (κ1) is 35.4. The zero-order valence-corrected chi connectivity index (χ0v) is 32.7. The van der Waals surface area contributed by atoms with Gasteiger partial charge < -0.3 is 9.40 Å². The Hall–Kier alpha value is -3.90.